The van der Waals surface area contributed by atoms with Crippen molar-refractivity contribution in [2.45, 2.75) is 13.8 Å². The van der Waals surface area contributed by atoms with Crippen molar-refractivity contribution in [3.63, 3.8) is 0 Å². The van der Waals surface area contributed by atoms with Gasteiger partial charge in [0.05, 0.1) is 18.2 Å². The molecule has 1 amide bonds. The second-order valence-electron chi connectivity index (χ2n) is 5.34. The maximum Gasteiger partial charge on any atom is 0.341 e. The van der Waals surface area contributed by atoms with Gasteiger partial charge >= 0.3 is 11.9 Å². The van der Waals surface area contributed by atoms with E-state index in [2.05, 4.69) is 5.32 Å². The van der Waals surface area contributed by atoms with Crippen LogP contribution in [0, 0.1) is 13.8 Å². The number of amides is 1. The van der Waals surface area contributed by atoms with E-state index in [4.69, 9.17) is 9.47 Å². The van der Waals surface area contributed by atoms with Gasteiger partial charge in [-0.3, -0.25) is 9.59 Å². The van der Waals surface area contributed by atoms with Crippen LogP contribution in [-0.2, 0) is 14.3 Å². The zero-order valence-corrected chi connectivity index (χ0v) is 15.3. The minimum Gasteiger partial charge on any atom is -0.465 e. The molecular formula is C18H17NO6S. The van der Waals surface area contributed by atoms with Crippen molar-refractivity contribution in [3.05, 3.63) is 51.4 Å². The standard InChI is InChI=1S/C18H17NO6S/c1-10-11(2)26-16(15(10)18(23)24-3)19-14(21)9-25-17(22)13-6-4-12(8-20)5-7-13/h4-8H,9H2,1-3H3,(H,19,21). The van der Waals surface area contributed by atoms with Crippen molar-refractivity contribution in [1.29, 1.82) is 0 Å². The highest BCUT2D eigenvalue weighted by atomic mass is 32.1. The molecule has 0 spiro atoms. The minimum absolute atomic E-state index is 0.224. The van der Waals surface area contributed by atoms with E-state index in [-0.39, 0.29) is 5.56 Å². The van der Waals surface area contributed by atoms with Crippen LogP contribution in [0.15, 0.2) is 24.3 Å². The third kappa shape index (κ3) is 4.34. The largest absolute Gasteiger partial charge is 0.465 e. The summed E-state index contributed by atoms with van der Waals surface area (Å²) in [6.45, 7) is 3.08. The molecule has 0 unspecified atom stereocenters. The summed E-state index contributed by atoms with van der Waals surface area (Å²) in [7, 11) is 1.26. The van der Waals surface area contributed by atoms with Crippen LogP contribution >= 0.6 is 11.3 Å². The van der Waals surface area contributed by atoms with E-state index in [9.17, 15) is 19.2 Å². The van der Waals surface area contributed by atoms with Gasteiger partial charge in [0, 0.05) is 10.4 Å². The number of methoxy groups -OCH3 is 1. The molecule has 0 radical (unpaired) electrons. The van der Waals surface area contributed by atoms with Gasteiger partial charge in [0.1, 0.15) is 11.3 Å². The lowest BCUT2D eigenvalue weighted by atomic mass is 10.1. The number of aldehydes is 1. The average Bonchev–Trinajstić information content (AvgIpc) is 2.92. The first-order valence-electron chi connectivity index (χ1n) is 7.58. The molecule has 7 nitrogen and oxygen atoms in total. The second-order valence-corrected chi connectivity index (χ2v) is 6.57. The number of esters is 2. The lowest BCUT2D eigenvalue weighted by Crippen LogP contribution is -2.21. The molecule has 0 atom stereocenters. The number of thiophene rings is 1. The second kappa shape index (κ2) is 8.39. The first-order chi connectivity index (χ1) is 12.4. The molecule has 2 rings (SSSR count). The van der Waals surface area contributed by atoms with Crippen molar-refractivity contribution >= 4 is 40.5 Å². The van der Waals surface area contributed by atoms with Crippen LogP contribution in [-0.4, -0.2) is 37.8 Å². The van der Waals surface area contributed by atoms with E-state index < -0.39 is 24.5 Å². The SMILES string of the molecule is COC(=O)c1c(NC(=O)COC(=O)c2ccc(C=O)cc2)sc(C)c1C. The van der Waals surface area contributed by atoms with Gasteiger partial charge < -0.3 is 14.8 Å². The Morgan fingerprint density at radius 2 is 1.77 bits per heavy atom. The van der Waals surface area contributed by atoms with E-state index in [1.807, 2.05) is 6.92 Å². The van der Waals surface area contributed by atoms with Crippen LogP contribution < -0.4 is 5.32 Å². The lowest BCUT2D eigenvalue weighted by Gasteiger charge is -2.07. The smallest absolute Gasteiger partial charge is 0.341 e. The Bertz CT molecular complexity index is 853. The molecule has 0 aliphatic carbocycles. The fourth-order valence-corrected chi connectivity index (χ4v) is 3.20. The van der Waals surface area contributed by atoms with Gasteiger partial charge in [0.25, 0.3) is 5.91 Å². The van der Waals surface area contributed by atoms with Crippen LogP contribution in [0.25, 0.3) is 0 Å². The van der Waals surface area contributed by atoms with Crippen molar-refractivity contribution in [3.8, 4) is 0 Å². The molecule has 0 fully saturated rings. The molecule has 0 bridgehead atoms. The molecule has 0 aliphatic rings. The van der Waals surface area contributed by atoms with Crippen LogP contribution in [0.2, 0.25) is 0 Å². The predicted molar refractivity (Wildman–Crippen MR) is 95.9 cm³/mol. The number of carbonyl (C=O) groups is 4. The highest BCUT2D eigenvalue weighted by molar-refractivity contribution is 7.16. The topological polar surface area (TPSA) is 98.8 Å². The molecule has 1 heterocycles. The minimum atomic E-state index is -0.690. The molecule has 1 N–H and O–H groups in total. The van der Waals surface area contributed by atoms with Crippen molar-refractivity contribution in [2.75, 3.05) is 19.0 Å². The maximum absolute atomic E-state index is 12.1. The van der Waals surface area contributed by atoms with E-state index in [1.54, 1.807) is 6.92 Å². The molecule has 26 heavy (non-hydrogen) atoms. The summed E-state index contributed by atoms with van der Waals surface area (Å²) >= 11 is 1.24. The number of anilines is 1. The summed E-state index contributed by atoms with van der Waals surface area (Å²) in [6, 6.07) is 5.82. The molecule has 2 aromatic rings. The summed E-state index contributed by atoms with van der Waals surface area (Å²) in [5.41, 5.74) is 1.67. The highest BCUT2D eigenvalue weighted by Crippen LogP contribution is 2.32. The van der Waals surface area contributed by atoms with Crippen molar-refractivity contribution in [2.24, 2.45) is 0 Å². The fraction of sp³-hybridized carbons (Fsp3) is 0.222. The van der Waals surface area contributed by atoms with Crippen LogP contribution in [0.3, 0.4) is 0 Å². The first kappa shape index (κ1) is 19.3. The summed E-state index contributed by atoms with van der Waals surface area (Å²) in [5.74, 6) is -1.81. The fourth-order valence-electron chi connectivity index (χ4n) is 2.14. The number of aryl methyl sites for hydroxylation is 1. The van der Waals surface area contributed by atoms with Crippen molar-refractivity contribution < 1.29 is 28.7 Å². The molecule has 1 aromatic heterocycles. The lowest BCUT2D eigenvalue weighted by molar-refractivity contribution is -0.119. The molecule has 0 aliphatic heterocycles. The van der Waals surface area contributed by atoms with Crippen molar-refractivity contribution in [1.82, 2.24) is 0 Å². The van der Waals surface area contributed by atoms with Gasteiger partial charge in [-0.1, -0.05) is 12.1 Å². The molecule has 0 saturated heterocycles. The third-order valence-electron chi connectivity index (χ3n) is 3.64. The number of carbonyl (C=O) groups excluding carboxylic acids is 4. The first-order valence-corrected chi connectivity index (χ1v) is 8.39. The number of benzene rings is 1. The van der Waals surface area contributed by atoms with Gasteiger partial charge in [-0.15, -0.1) is 11.3 Å². The number of rotatable bonds is 6. The summed E-state index contributed by atoms with van der Waals surface area (Å²) in [6.07, 6.45) is 0.659. The summed E-state index contributed by atoms with van der Waals surface area (Å²) in [5, 5.41) is 2.92. The van der Waals surface area contributed by atoms with Crippen LogP contribution in [0.5, 0.6) is 0 Å². The van der Waals surface area contributed by atoms with Gasteiger partial charge in [-0.25, -0.2) is 9.59 Å². The van der Waals surface area contributed by atoms with E-state index in [0.29, 0.717) is 22.4 Å². The van der Waals surface area contributed by atoms with Crippen LogP contribution in [0.4, 0.5) is 5.00 Å². The number of hydrogen-bond donors (Lipinski definition) is 1. The Kier molecular flexibility index (Phi) is 6.24. The summed E-state index contributed by atoms with van der Waals surface area (Å²) in [4.78, 5) is 47.3. The molecule has 1 aromatic carbocycles. The third-order valence-corrected chi connectivity index (χ3v) is 4.77. The Hall–Kier alpha value is -3.00. The number of nitrogens with one attached hydrogen (secondary N) is 1. The number of hydrogen-bond acceptors (Lipinski definition) is 7. The monoisotopic (exact) mass is 375 g/mol. The Morgan fingerprint density at radius 3 is 2.35 bits per heavy atom. The average molecular weight is 375 g/mol. The normalized spacial score (nSPS) is 10.1. The van der Waals surface area contributed by atoms with Crippen LogP contribution in [0.1, 0.15) is 41.5 Å². The predicted octanol–water partition coefficient (Wildman–Crippen LogP) is 2.76. The molecule has 8 heteroatoms. The molecular weight excluding hydrogens is 358 g/mol. The summed E-state index contributed by atoms with van der Waals surface area (Å²) < 4.78 is 9.68. The zero-order valence-electron chi connectivity index (χ0n) is 14.5. The zero-order chi connectivity index (χ0) is 19.3. The van der Waals surface area contributed by atoms with Gasteiger partial charge in [-0.05, 0) is 31.5 Å². The van der Waals surface area contributed by atoms with Gasteiger partial charge in [-0.2, -0.15) is 0 Å². The molecule has 0 saturated carbocycles. The Balaban J connectivity index is 2.00. The quantitative estimate of drug-likeness (QED) is 0.616. The van der Waals surface area contributed by atoms with Gasteiger partial charge in [0.2, 0.25) is 0 Å². The molecule has 136 valence electrons. The Morgan fingerprint density at radius 1 is 1.12 bits per heavy atom. The Labute approximate surface area is 153 Å². The van der Waals surface area contributed by atoms with Gasteiger partial charge in [0.15, 0.2) is 6.61 Å². The van der Waals surface area contributed by atoms with E-state index >= 15 is 0 Å². The maximum atomic E-state index is 12.1. The number of ether oxygens (including phenoxy) is 2. The van der Waals surface area contributed by atoms with E-state index in [0.717, 1.165) is 10.4 Å². The van der Waals surface area contributed by atoms with E-state index in [1.165, 1.54) is 42.7 Å². The highest BCUT2D eigenvalue weighted by Gasteiger charge is 2.22.